The van der Waals surface area contributed by atoms with Gasteiger partial charge in [0, 0.05) is 6.04 Å². The summed E-state index contributed by atoms with van der Waals surface area (Å²) in [4.78, 5) is 2.36. The molecule has 0 saturated carbocycles. The number of nitrogens with one attached hydrogen (secondary N) is 1. The van der Waals surface area contributed by atoms with Crippen molar-refractivity contribution in [1.29, 1.82) is 0 Å². The molecule has 0 aliphatic rings. The van der Waals surface area contributed by atoms with Crippen molar-refractivity contribution in [3.63, 3.8) is 0 Å². The van der Waals surface area contributed by atoms with E-state index >= 15 is 0 Å². The monoisotopic (exact) mass is 280 g/mol. The van der Waals surface area contributed by atoms with Crippen molar-refractivity contribution >= 4 is 0 Å². The van der Waals surface area contributed by atoms with Crippen LogP contribution in [0.15, 0.2) is 18.2 Å². The summed E-state index contributed by atoms with van der Waals surface area (Å²) in [6.45, 7) is 8.44. The lowest BCUT2D eigenvalue weighted by Gasteiger charge is -2.22. The lowest BCUT2D eigenvalue weighted by atomic mass is 10.0. The standard InChI is InChI=1S/C17H29FN2/c1-13(2)8-10-20(5)11-9-17(19-4)15-7-6-14(3)16(18)12-15/h6-7,12-13,17,19H,8-11H2,1-5H3. The molecule has 2 nitrogen and oxygen atoms in total. The van der Waals surface area contributed by atoms with Gasteiger partial charge in [-0.2, -0.15) is 0 Å². The SMILES string of the molecule is CNC(CCN(C)CCC(C)C)c1ccc(C)c(F)c1. The summed E-state index contributed by atoms with van der Waals surface area (Å²) in [6.07, 6.45) is 2.22. The van der Waals surface area contributed by atoms with E-state index in [0.29, 0.717) is 5.56 Å². The zero-order valence-electron chi connectivity index (χ0n) is 13.5. The van der Waals surface area contributed by atoms with Crippen LogP contribution in [-0.2, 0) is 0 Å². The Morgan fingerprint density at radius 2 is 1.85 bits per heavy atom. The smallest absolute Gasteiger partial charge is 0.126 e. The maximum atomic E-state index is 13.6. The van der Waals surface area contributed by atoms with Crippen LogP contribution in [0.3, 0.4) is 0 Å². The first-order valence-corrected chi connectivity index (χ1v) is 7.56. The molecule has 0 spiro atoms. The second-order valence-corrected chi connectivity index (χ2v) is 6.12. The molecule has 1 aromatic rings. The summed E-state index contributed by atoms with van der Waals surface area (Å²) in [7, 11) is 4.10. The van der Waals surface area contributed by atoms with E-state index in [-0.39, 0.29) is 11.9 Å². The number of hydrogen-bond donors (Lipinski definition) is 1. The number of aryl methyl sites for hydroxylation is 1. The summed E-state index contributed by atoms with van der Waals surface area (Å²) in [5.41, 5.74) is 1.74. The van der Waals surface area contributed by atoms with Gasteiger partial charge < -0.3 is 10.2 Å². The lowest BCUT2D eigenvalue weighted by Crippen LogP contribution is -2.27. The number of nitrogens with zero attached hydrogens (tertiary/aromatic N) is 1. The first-order chi connectivity index (χ1) is 9.43. The molecule has 1 unspecified atom stereocenters. The van der Waals surface area contributed by atoms with Gasteiger partial charge in [0.15, 0.2) is 0 Å². The first kappa shape index (κ1) is 17.1. The fraction of sp³-hybridized carbons (Fsp3) is 0.647. The van der Waals surface area contributed by atoms with Gasteiger partial charge in [0.25, 0.3) is 0 Å². The molecule has 0 heterocycles. The van der Waals surface area contributed by atoms with E-state index in [1.54, 1.807) is 13.0 Å². The van der Waals surface area contributed by atoms with Crippen LogP contribution >= 0.6 is 0 Å². The van der Waals surface area contributed by atoms with Crippen LogP contribution in [0.2, 0.25) is 0 Å². The first-order valence-electron chi connectivity index (χ1n) is 7.56. The molecule has 1 atom stereocenters. The van der Waals surface area contributed by atoms with E-state index in [2.05, 4.69) is 31.1 Å². The molecule has 1 rings (SSSR count). The van der Waals surface area contributed by atoms with Crippen LogP contribution in [0.25, 0.3) is 0 Å². The minimum atomic E-state index is -0.115. The molecule has 0 aliphatic carbocycles. The van der Waals surface area contributed by atoms with E-state index in [9.17, 15) is 4.39 Å². The molecule has 0 saturated heterocycles. The van der Waals surface area contributed by atoms with Crippen LogP contribution in [-0.4, -0.2) is 32.1 Å². The van der Waals surface area contributed by atoms with Crippen LogP contribution in [0.1, 0.15) is 43.9 Å². The quantitative estimate of drug-likeness (QED) is 0.780. The number of rotatable bonds is 8. The van der Waals surface area contributed by atoms with E-state index in [4.69, 9.17) is 0 Å². The minimum Gasteiger partial charge on any atom is -0.313 e. The maximum absolute atomic E-state index is 13.6. The molecule has 0 radical (unpaired) electrons. The van der Waals surface area contributed by atoms with Crippen molar-refractivity contribution in [2.24, 2.45) is 5.92 Å². The minimum absolute atomic E-state index is 0.115. The van der Waals surface area contributed by atoms with Crippen molar-refractivity contribution in [1.82, 2.24) is 10.2 Å². The highest BCUT2D eigenvalue weighted by Crippen LogP contribution is 2.19. The molecule has 1 N–H and O–H groups in total. The van der Waals surface area contributed by atoms with E-state index in [0.717, 1.165) is 31.0 Å². The highest BCUT2D eigenvalue weighted by Gasteiger charge is 2.12. The number of benzene rings is 1. The highest BCUT2D eigenvalue weighted by molar-refractivity contribution is 5.25. The third kappa shape index (κ3) is 5.59. The lowest BCUT2D eigenvalue weighted by molar-refractivity contribution is 0.292. The molecule has 0 amide bonds. The topological polar surface area (TPSA) is 15.3 Å². The second kappa shape index (κ2) is 8.38. The van der Waals surface area contributed by atoms with Crippen molar-refractivity contribution in [2.75, 3.05) is 27.2 Å². The third-order valence-corrected chi connectivity index (χ3v) is 3.83. The third-order valence-electron chi connectivity index (χ3n) is 3.83. The Morgan fingerprint density at radius 1 is 1.20 bits per heavy atom. The molecule has 20 heavy (non-hydrogen) atoms. The van der Waals surface area contributed by atoms with Gasteiger partial charge in [0.2, 0.25) is 0 Å². The Balaban J connectivity index is 2.52. The predicted octanol–water partition coefficient (Wildman–Crippen LogP) is 3.76. The predicted molar refractivity (Wildman–Crippen MR) is 84.5 cm³/mol. The van der Waals surface area contributed by atoms with Gasteiger partial charge in [0.05, 0.1) is 0 Å². The van der Waals surface area contributed by atoms with E-state index in [1.807, 2.05) is 19.2 Å². The van der Waals surface area contributed by atoms with Gasteiger partial charge in [-0.3, -0.25) is 0 Å². The summed E-state index contributed by atoms with van der Waals surface area (Å²) < 4.78 is 13.6. The van der Waals surface area contributed by atoms with Crippen molar-refractivity contribution in [3.8, 4) is 0 Å². The highest BCUT2D eigenvalue weighted by atomic mass is 19.1. The van der Waals surface area contributed by atoms with Gasteiger partial charge in [-0.15, -0.1) is 0 Å². The van der Waals surface area contributed by atoms with Crippen LogP contribution < -0.4 is 5.32 Å². The largest absolute Gasteiger partial charge is 0.313 e. The molecular formula is C17H29FN2. The Bertz CT molecular complexity index is 404. The second-order valence-electron chi connectivity index (χ2n) is 6.12. The number of halogens is 1. The average Bonchev–Trinajstić information content (AvgIpc) is 2.41. The molecule has 0 fully saturated rings. The van der Waals surface area contributed by atoms with Crippen LogP contribution in [0, 0.1) is 18.7 Å². The van der Waals surface area contributed by atoms with Gasteiger partial charge >= 0.3 is 0 Å². The fourth-order valence-electron chi connectivity index (χ4n) is 2.24. The maximum Gasteiger partial charge on any atom is 0.126 e. The Morgan fingerprint density at radius 3 is 2.40 bits per heavy atom. The fourth-order valence-corrected chi connectivity index (χ4v) is 2.24. The van der Waals surface area contributed by atoms with E-state index < -0.39 is 0 Å². The Labute approximate surface area is 123 Å². The summed E-state index contributed by atoms with van der Waals surface area (Å²) in [6, 6.07) is 5.75. The molecule has 1 aromatic carbocycles. The van der Waals surface area contributed by atoms with Crippen molar-refractivity contribution < 1.29 is 4.39 Å². The van der Waals surface area contributed by atoms with Crippen LogP contribution in [0.5, 0.6) is 0 Å². The molecular weight excluding hydrogens is 251 g/mol. The normalized spacial score (nSPS) is 13.2. The molecule has 114 valence electrons. The Hall–Kier alpha value is -0.930. The molecule has 0 aromatic heterocycles. The molecule has 0 aliphatic heterocycles. The van der Waals surface area contributed by atoms with Gasteiger partial charge in [-0.1, -0.05) is 26.0 Å². The number of hydrogen-bond acceptors (Lipinski definition) is 2. The Kier molecular flexibility index (Phi) is 7.17. The summed E-state index contributed by atoms with van der Waals surface area (Å²) in [5.74, 6) is 0.625. The molecule has 0 bridgehead atoms. The molecule has 3 heteroatoms. The van der Waals surface area contributed by atoms with Crippen LogP contribution in [0.4, 0.5) is 4.39 Å². The van der Waals surface area contributed by atoms with E-state index in [1.165, 1.54) is 6.42 Å². The zero-order chi connectivity index (χ0) is 15.1. The summed E-state index contributed by atoms with van der Waals surface area (Å²) in [5, 5.41) is 3.29. The summed E-state index contributed by atoms with van der Waals surface area (Å²) >= 11 is 0. The average molecular weight is 280 g/mol. The van der Waals surface area contributed by atoms with Crippen molar-refractivity contribution in [3.05, 3.63) is 35.1 Å². The zero-order valence-corrected chi connectivity index (χ0v) is 13.5. The van der Waals surface area contributed by atoms with Crippen molar-refractivity contribution in [2.45, 2.75) is 39.7 Å². The van der Waals surface area contributed by atoms with Gasteiger partial charge in [-0.05, 0) is 70.1 Å². The van der Waals surface area contributed by atoms with Gasteiger partial charge in [0.1, 0.15) is 5.82 Å². The van der Waals surface area contributed by atoms with Gasteiger partial charge in [-0.25, -0.2) is 4.39 Å².